The number of anilines is 1. The van der Waals surface area contributed by atoms with Crippen LogP contribution in [0.25, 0.3) is 0 Å². The zero-order valence-corrected chi connectivity index (χ0v) is 12.1. The number of rotatable bonds is 4. The molecule has 108 valence electrons. The highest BCUT2D eigenvalue weighted by molar-refractivity contribution is 6.06. The molecule has 1 aromatic heterocycles. The maximum Gasteiger partial charge on any atom is 0.253 e. The maximum atomic E-state index is 12.2. The molecular weight excluding hydrogens is 256 g/mol. The molecule has 5 heteroatoms. The summed E-state index contributed by atoms with van der Waals surface area (Å²) in [6.45, 7) is 6.24. The molecule has 1 aromatic rings. The summed E-state index contributed by atoms with van der Waals surface area (Å²) in [5.41, 5.74) is 0.952. The molecule has 1 aliphatic heterocycles. The van der Waals surface area contributed by atoms with Gasteiger partial charge in [-0.3, -0.25) is 14.6 Å². The van der Waals surface area contributed by atoms with Crippen LogP contribution in [0.2, 0.25) is 0 Å². The minimum absolute atomic E-state index is 0.0335. The van der Waals surface area contributed by atoms with Gasteiger partial charge >= 0.3 is 0 Å². The van der Waals surface area contributed by atoms with Crippen molar-refractivity contribution in [1.29, 1.82) is 0 Å². The summed E-state index contributed by atoms with van der Waals surface area (Å²) in [7, 11) is 0. The number of hydrogen-bond donors (Lipinski definition) is 1. The Morgan fingerprint density at radius 2 is 2.20 bits per heavy atom. The molecule has 0 aromatic carbocycles. The minimum Gasteiger partial charge on any atom is -0.368 e. The number of nitrogens with zero attached hydrogens (tertiary/aromatic N) is 1. The van der Waals surface area contributed by atoms with Crippen LogP contribution >= 0.6 is 0 Å². The van der Waals surface area contributed by atoms with E-state index in [9.17, 15) is 9.59 Å². The Balaban J connectivity index is 2.17. The van der Waals surface area contributed by atoms with E-state index >= 15 is 0 Å². The van der Waals surface area contributed by atoms with Gasteiger partial charge in [0, 0.05) is 24.9 Å². The van der Waals surface area contributed by atoms with Gasteiger partial charge in [-0.1, -0.05) is 20.8 Å². The van der Waals surface area contributed by atoms with Crippen molar-refractivity contribution < 1.29 is 14.3 Å². The van der Waals surface area contributed by atoms with Crippen molar-refractivity contribution in [3.05, 3.63) is 24.0 Å². The van der Waals surface area contributed by atoms with E-state index in [1.165, 1.54) is 6.20 Å². The standard InChI is InChI=1S/C15H20N2O3/c1-9(2)13(18)11-8-16-6-4-12(11)17-15(19)14-10(3)5-7-20-14/h4,6,8-10,14H,5,7H2,1-3H3,(H,16,17,19)/t10-,14+/m1/s1. The van der Waals surface area contributed by atoms with Gasteiger partial charge in [0.25, 0.3) is 5.91 Å². The van der Waals surface area contributed by atoms with E-state index in [-0.39, 0.29) is 23.5 Å². The van der Waals surface area contributed by atoms with Crippen molar-refractivity contribution in [2.45, 2.75) is 33.3 Å². The summed E-state index contributed by atoms with van der Waals surface area (Å²) in [6.07, 6.45) is 3.50. The van der Waals surface area contributed by atoms with Crippen LogP contribution in [0, 0.1) is 11.8 Å². The average molecular weight is 276 g/mol. The van der Waals surface area contributed by atoms with Crippen LogP contribution in [0.1, 0.15) is 37.6 Å². The second-order valence-corrected chi connectivity index (χ2v) is 5.49. The zero-order valence-electron chi connectivity index (χ0n) is 12.1. The first-order valence-electron chi connectivity index (χ1n) is 6.91. The van der Waals surface area contributed by atoms with Crippen LogP contribution in [0.3, 0.4) is 0 Å². The smallest absolute Gasteiger partial charge is 0.253 e. The fourth-order valence-corrected chi connectivity index (χ4v) is 2.25. The van der Waals surface area contributed by atoms with Gasteiger partial charge in [-0.2, -0.15) is 0 Å². The SMILES string of the molecule is CC(C)C(=O)c1cnccc1NC(=O)[C@H]1OCC[C@H]1C. The molecule has 5 nitrogen and oxygen atoms in total. The van der Waals surface area contributed by atoms with Crippen LogP contribution in [-0.4, -0.2) is 29.4 Å². The highest BCUT2D eigenvalue weighted by Gasteiger charge is 2.31. The number of ketones is 1. The van der Waals surface area contributed by atoms with Gasteiger partial charge in [0.2, 0.25) is 0 Å². The molecule has 0 unspecified atom stereocenters. The first-order chi connectivity index (χ1) is 9.50. The molecule has 0 aliphatic carbocycles. The molecular formula is C15H20N2O3. The molecule has 1 N–H and O–H groups in total. The summed E-state index contributed by atoms with van der Waals surface area (Å²) in [6, 6.07) is 1.65. The van der Waals surface area contributed by atoms with Gasteiger partial charge in [0.05, 0.1) is 11.3 Å². The number of nitrogens with one attached hydrogen (secondary N) is 1. The largest absolute Gasteiger partial charge is 0.368 e. The number of ether oxygens (including phenoxy) is 1. The summed E-state index contributed by atoms with van der Waals surface area (Å²) in [4.78, 5) is 28.3. The van der Waals surface area contributed by atoms with Crippen molar-refractivity contribution >= 4 is 17.4 Å². The number of amides is 1. The number of carbonyl (C=O) groups is 2. The molecule has 20 heavy (non-hydrogen) atoms. The van der Waals surface area contributed by atoms with E-state index in [0.29, 0.717) is 17.9 Å². The number of hydrogen-bond acceptors (Lipinski definition) is 4. The fourth-order valence-electron chi connectivity index (χ4n) is 2.25. The summed E-state index contributed by atoms with van der Waals surface area (Å²) < 4.78 is 5.43. The summed E-state index contributed by atoms with van der Waals surface area (Å²) >= 11 is 0. The number of pyridine rings is 1. The van der Waals surface area contributed by atoms with E-state index in [2.05, 4.69) is 10.3 Å². The second-order valence-electron chi connectivity index (χ2n) is 5.49. The van der Waals surface area contributed by atoms with Crippen LogP contribution in [0.15, 0.2) is 18.5 Å². The van der Waals surface area contributed by atoms with E-state index in [1.54, 1.807) is 12.3 Å². The highest BCUT2D eigenvalue weighted by atomic mass is 16.5. The first kappa shape index (κ1) is 14.7. The Bertz CT molecular complexity index is 514. The van der Waals surface area contributed by atoms with E-state index in [1.807, 2.05) is 20.8 Å². The van der Waals surface area contributed by atoms with E-state index < -0.39 is 6.10 Å². The maximum absolute atomic E-state index is 12.2. The van der Waals surface area contributed by atoms with Crippen molar-refractivity contribution in [2.75, 3.05) is 11.9 Å². The number of Topliss-reactive ketones (excluding diaryl/α,β-unsaturated/α-hetero) is 1. The fraction of sp³-hybridized carbons (Fsp3) is 0.533. The Morgan fingerprint density at radius 1 is 1.45 bits per heavy atom. The van der Waals surface area contributed by atoms with Crippen molar-refractivity contribution in [2.24, 2.45) is 11.8 Å². The Hall–Kier alpha value is -1.75. The third-order valence-corrected chi connectivity index (χ3v) is 3.51. The van der Waals surface area contributed by atoms with Gasteiger partial charge < -0.3 is 10.1 Å². The minimum atomic E-state index is -0.440. The number of carbonyl (C=O) groups excluding carboxylic acids is 2. The molecule has 0 spiro atoms. The van der Waals surface area contributed by atoms with Crippen molar-refractivity contribution in [3.8, 4) is 0 Å². The third kappa shape index (κ3) is 3.04. The van der Waals surface area contributed by atoms with Crippen LogP contribution in [0.5, 0.6) is 0 Å². The lowest BCUT2D eigenvalue weighted by Gasteiger charge is -2.16. The molecule has 0 radical (unpaired) electrons. The third-order valence-electron chi connectivity index (χ3n) is 3.51. The van der Waals surface area contributed by atoms with Crippen LogP contribution in [-0.2, 0) is 9.53 Å². The monoisotopic (exact) mass is 276 g/mol. The lowest BCUT2D eigenvalue weighted by Crippen LogP contribution is -2.32. The predicted molar refractivity (Wildman–Crippen MR) is 75.6 cm³/mol. The Labute approximate surface area is 118 Å². The van der Waals surface area contributed by atoms with Gasteiger partial charge in [-0.15, -0.1) is 0 Å². The summed E-state index contributed by atoms with van der Waals surface area (Å²) in [5.74, 6) is -0.176. The topological polar surface area (TPSA) is 68.3 Å². The van der Waals surface area contributed by atoms with Crippen molar-refractivity contribution in [1.82, 2.24) is 4.98 Å². The number of aromatic nitrogens is 1. The van der Waals surface area contributed by atoms with E-state index in [4.69, 9.17) is 4.74 Å². The molecule has 2 heterocycles. The molecule has 1 fully saturated rings. The normalized spacial score (nSPS) is 22.0. The molecule has 1 aliphatic rings. The molecule has 1 amide bonds. The lowest BCUT2D eigenvalue weighted by molar-refractivity contribution is -0.126. The Morgan fingerprint density at radius 3 is 2.80 bits per heavy atom. The molecule has 2 atom stereocenters. The zero-order chi connectivity index (χ0) is 14.7. The van der Waals surface area contributed by atoms with Crippen LogP contribution in [0.4, 0.5) is 5.69 Å². The Kier molecular flexibility index (Phi) is 4.49. The molecule has 1 saturated heterocycles. The van der Waals surface area contributed by atoms with Gasteiger partial charge in [0.15, 0.2) is 5.78 Å². The molecule has 0 bridgehead atoms. The summed E-state index contributed by atoms with van der Waals surface area (Å²) in [5, 5.41) is 2.79. The van der Waals surface area contributed by atoms with Gasteiger partial charge in [-0.25, -0.2) is 0 Å². The van der Waals surface area contributed by atoms with Gasteiger partial charge in [-0.05, 0) is 18.4 Å². The van der Waals surface area contributed by atoms with E-state index in [0.717, 1.165) is 6.42 Å². The first-order valence-corrected chi connectivity index (χ1v) is 6.91. The van der Waals surface area contributed by atoms with Crippen molar-refractivity contribution in [3.63, 3.8) is 0 Å². The highest BCUT2D eigenvalue weighted by Crippen LogP contribution is 2.23. The average Bonchev–Trinajstić information content (AvgIpc) is 2.84. The van der Waals surface area contributed by atoms with Gasteiger partial charge in [0.1, 0.15) is 6.10 Å². The molecule has 2 rings (SSSR count). The van der Waals surface area contributed by atoms with Crippen LogP contribution < -0.4 is 5.32 Å². The lowest BCUT2D eigenvalue weighted by atomic mass is 10.0. The predicted octanol–water partition coefficient (Wildman–Crippen LogP) is 2.28. The second kappa shape index (κ2) is 6.13. The quantitative estimate of drug-likeness (QED) is 0.857. The molecule has 0 saturated carbocycles.